The summed E-state index contributed by atoms with van der Waals surface area (Å²) >= 11 is 0. The average molecular weight is 277 g/mol. The van der Waals surface area contributed by atoms with Gasteiger partial charge in [0.15, 0.2) is 0 Å². The Morgan fingerprint density at radius 2 is 1.85 bits per heavy atom. The van der Waals surface area contributed by atoms with E-state index in [0.29, 0.717) is 32.1 Å². The van der Waals surface area contributed by atoms with Crippen molar-refractivity contribution in [3.8, 4) is 0 Å². The quantitative estimate of drug-likeness (QED) is 0.847. The van der Waals surface area contributed by atoms with Crippen LogP contribution in [0.4, 0.5) is 0 Å². The van der Waals surface area contributed by atoms with Crippen LogP contribution in [0.3, 0.4) is 0 Å². The molecule has 0 unspecified atom stereocenters. The minimum absolute atomic E-state index is 0.0632. The third kappa shape index (κ3) is 2.66. The molecule has 20 heavy (non-hydrogen) atoms. The zero-order chi connectivity index (χ0) is 14.1. The Kier molecular flexibility index (Phi) is 3.42. The molecule has 7 nitrogen and oxygen atoms in total. The lowest BCUT2D eigenvalue weighted by atomic mass is 10.3. The van der Waals surface area contributed by atoms with Crippen molar-refractivity contribution < 1.29 is 9.59 Å². The molecule has 0 aromatic carbocycles. The van der Waals surface area contributed by atoms with E-state index in [2.05, 4.69) is 15.2 Å². The predicted molar refractivity (Wildman–Crippen MR) is 71.1 cm³/mol. The lowest BCUT2D eigenvalue weighted by Crippen LogP contribution is -2.37. The molecule has 2 heterocycles. The first kappa shape index (κ1) is 13.1. The average Bonchev–Trinajstić information content (AvgIpc) is 3.21. The Morgan fingerprint density at radius 3 is 2.55 bits per heavy atom. The zero-order valence-corrected chi connectivity index (χ0v) is 11.6. The lowest BCUT2D eigenvalue weighted by Gasteiger charge is -2.20. The molecule has 0 spiro atoms. The first-order valence-corrected chi connectivity index (χ1v) is 7.12. The van der Waals surface area contributed by atoms with Crippen LogP contribution in [0.5, 0.6) is 0 Å². The molecule has 1 aliphatic carbocycles. The van der Waals surface area contributed by atoms with Gasteiger partial charge in [0.2, 0.25) is 11.7 Å². The highest BCUT2D eigenvalue weighted by Gasteiger charge is 2.29. The van der Waals surface area contributed by atoms with Crippen molar-refractivity contribution in [1.82, 2.24) is 25.0 Å². The second kappa shape index (κ2) is 5.22. The summed E-state index contributed by atoms with van der Waals surface area (Å²) < 4.78 is 0. The summed E-state index contributed by atoms with van der Waals surface area (Å²) in [5.74, 6) is 1.46. The van der Waals surface area contributed by atoms with Gasteiger partial charge >= 0.3 is 0 Å². The summed E-state index contributed by atoms with van der Waals surface area (Å²) in [6.45, 7) is 4.05. The van der Waals surface area contributed by atoms with E-state index in [-0.39, 0.29) is 17.6 Å². The Morgan fingerprint density at radius 1 is 1.15 bits per heavy atom. The van der Waals surface area contributed by atoms with Crippen molar-refractivity contribution in [2.45, 2.75) is 32.1 Å². The molecule has 1 N–H and O–H groups in total. The van der Waals surface area contributed by atoms with Gasteiger partial charge in [-0.15, -0.1) is 5.10 Å². The fraction of sp³-hybridized carbons (Fsp3) is 0.692. The van der Waals surface area contributed by atoms with Crippen molar-refractivity contribution in [2.24, 2.45) is 0 Å². The first-order chi connectivity index (χ1) is 9.65. The minimum Gasteiger partial charge on any atom is -0.341 e. The van der Waals surface area contributed by atoms with E-state index in [9.17, 15) is 9.59 Å². The second-order valence-electron chi connectivity index (χ2n) is 5.47. The highest BCUT2D eigenvalue weighted by molar-refractivity contribution is 5.90. The SMILES string of the molecule is CC(=O)N1CCCN(C(=O)c2n[nH]c(C3CC3)n2)CC1. The van der Waals surface area contributed by atoms with Crippen molar-refractivity contribution in [1.29, 1.82) is 0 Å². The van der Waals surface area contributed by atoms with E-state index in [1.165, 1.54) is 0 Å². The number of rotatable bonds is 2. The molecule has 1 aromatic heterocycles. The number of nitrogens with one attached hydrogen (secondary N) is 1. The minimum atomic E-state index is -0.140. The molecule has 1 aromatic rings. The largest absolute Gasteiger partial charge is 0.341 e. The summed E-state index contributed by atoms with van der Waals surface area (Å²) in [5, 5.41) is 6.89. The molecule has 0 atom stereocenters. The number of carbonyl (C=O) groups is 2. The van der Waals surface area contributed by atoms with Gasteiger partial charge in [-0.2, -0.15) is 0 Å². The third-order valence-electron chi connectivity index (χ3n) is 3.89. The Labute approximate surface area is 117 Å². The van der Waals surface area contributed by atoms with Gasteiger partial charge < -0.3 is 9.80 Å². The molecular weight excluding hydrogens is 258 g/mol. The first-order valence-electron chi connectivity index (χ1n) is 7.12. The van der Waals surface area contributed by atoms with Gasteiger partial charge in [-0.05, 0) is 19.3 Å². The van der Waals surface area contributed by atoms with E-state index >= 15 is 0 Å². The molecule has 3 rings (SSSR count). The highest BCUT2D eigenvalue weighted by atomic mass is 16.2. The summed E-state index contributed by atoms with van der Waals surface area (Å²) in [5.41, 5.74) is 0. The van der Waals surface area contributed by atoms with E-state index in [0.717, 1.165) is 25.1 Å². The summed E-state index contributed by atoms with van der Waals surface area (Å²) in [7, 11) is 0. The smallest absolute Gasteiger partial charge is 0.293 e. The fourth-order valence-corrected chi connectivity index (χ4v) is 2.49. The van der Waals surface area contributed by atoms with Crippen LogP contribution in [-0.4, -0.2) is 63.0 Å². The molecule has 7 heteroatoms. The lowest BCUT2D eigenvalue weighted by molar-refractivity contribution is -0.128. The van der Waals surface area contributed by atoms with Crippen molar-refractivity contribution >= 4 is 11.8 Å². The third-order valence-corrected chi connectivity index (χ3v) is 3.89. The molecular formula is C13H19N5O2. The van der Waals surface area contributed by atoms with Gasteiger partial charge in [0.1, 0.15) is 5.82 Å². The van der Waals surface area contributed by atoms with Crippen LogP contribution in [0.2, 0.25) is 0 Å². The van der Waals surface area contributed by atoms with Gasteiger partial charge in [0, 0.05) is 39.0 Å². The molecule has 2 amide bonds. The van der Waals surface area contributed by atoms with E-state index in [1.54, 1.807) is 16.7 Å². The molecule has 1 saturated carbocycles. The molecule has 1 aliphatic heterocycles. The van der Waals surface area contributed by atoms with E-state index in [4.69, 9.17) is 0 Å². The van der Waals surface area contributed by atoms with Gasteiger partial charge in [0.05, 0.1) is 0 Å². The molecule has 0 bridgehead atoms. The molecule has 108 valence electrons. The van der Waals surface area contributed by atoms with Crippen molar-refractivity contribution in [2.75, 3.05) is 26.2 Å². The molecule has 0 radical (unpaired) electrons. The van der Waals surface area contributed by atoms with Crippen LogP contribution in [0.25, 0.3) is 0 Å². The molecule has 1 saturated heterocycles. The number of H-pyrrole nitrogens is 1. The number of hydrogen-bond acceptors (Lipinski definition) is 4. The van der Waals surface area contributed by atoms with Crippen molar-refractivity contribution in [3.63, 3.8) is 0 Å². The van der Waals surface area contributed by atoms with Gasteiger partial charge in [-0.25, -0.2) is 4.98 Å². The summed E-state index contributed by atoms with van der Waals surface area (Å²) in [6.07, 6.45) is 3.05. The monoisotopic (exact) mass is 277 g/mol. The summed E-state index contributed by atoms with van der Waals surface area (Å²) in [4.78, 5) is 31.6. The molecule has 2 fully saturated rings. The van der Waals surface area contributed by atoms with Crippen LogP contribution >= 0.6 is 0 Å². The van der Waals surface area contributed by atoms with Crippen LogP contribution in [0.1, 0.15) is 48.5 Å². The van der Waals surface area contributed by atoms with Gasteiger partial charge in [-0.1, -0.05) is 0 Å². The maximum atomic E-state index is 12.4. The fourth-order valence-electron chi connectivity index (χ4n) is 2.49. The van der Waals surface area contributed by atoms with Crippen LogP contribution in [-0.2, 0) is 4.79 Å². The standard InChI is InChI=1S/C13H19N5O2/c1-9(19)17-5-2-6-18(8-7-17)13(20)12-14-11(15-16-12)10-3-4-10/h10H,2-8H2,1H3,(H,14,15,16). The maximum Gasteiger partial charge on any atom is 0.293 e. The Balaban J connectivity index is 1.65. The number of amides is 2. The number of nitrogens with zero attached hydrogens (tertiary/aromatic N) is 4. The highest BCUT2D eigenvalue weighted by Crippen LogP contribution is 2.37. The number of hydrogen-bond donors (Lipinski definition) is 1. The second-order valence-corrected chi connectivity index (χ2v) is 5.47. The summed E-state index contributed by atoms with van der Waals surface area (Å²) in [6, 6.07) is 0. The Hall–Kier alpha value is -1.92. The van der Waals surface area contributed by atoms with Crippen LogP contribution < -0.4 is 0 Å². The van der Waals surface area contributed by atoms with Crippen molar-refractivity contribution in [3.05, 3.63) is 11.6 Å². The number of aromatic amines is 1. The zero-order valence-electron chi connectivity index (χ0n) is 11.6. The molecule has 2 aliphatic rings. The van der Waals surface area contributed by atoms with Gasteiger partial charge in [-0.3, -0.25) is 14.7 Å². The maximum absolute atomic E-state index is 12.4. The number of aromatic nitrogens is 3. The Bertz CT molecular complexity index is 523. The predicted octanol–water partition coefficient (Wildman–Crippen LogP) is 0.376. The van der Waals surface area contributed by atoms with E-state index < -0.39 is 0 Å². The van der Waals surface area contributed by atoms with Crippen LogP contribution in [0, 0.1) is 0 Å². The van der Waals surface area contributed by atoms with E-state index in [1.807, 2.05) is 0 Å². The van der Waals surface area contributed by atoms with Gasteiger partial charge in [0.25, 0.3) is 5.91 Å². The number of carbonyl (C=O) groups excluding carboxylic acids is 2. The topological polar surface area (TPSA) is 82.2 Å². The van der Waals surface area contributed by atoms with Crippen LogP contribution in [0.15, 0.2) is 0 Å². The normalized spacial score (nSPS) is 19.9.